The first kappa shape index (κ1) is 13.7. The number of carbonyl (C=O) groups is 1. The number of nitrogens with zero attached hydrogens (tertiary/aromatic N) is 1. The van der Waals surface area contributed by atoms with Gasteiger partial charge in [0, 0.05) is 20.6 Å². The number of hydrogen-bond donors (Lipinski definition) is 1. The molecule has 0 saturated heterocycles. The van der Waals surface area contributed by atoms with Gasteiger partial charge in [-0.25, -0.2) is 0 Å². The number of rotatable bonds is 4. The van der Waals surface area contributed by atoms with Gasteiger partial charge in [-0.15, -0.1) is 0 Å². The maximum absolute atomic E-state index is 12.0. The highest BCUT2D eigenvalue weighted by molar-refractivity contribution is 5.78. The molecule has 0 bridgehead atoms. The Morgan fingerprint density at radius 1 is 1.32 bits per heavy atom. The van der Waals surface area contributed by atoms with Gasteiger partial charge in [-0.3, -0.25) is 4.79 Å². The minimum atomic E-state index is -0.197. The summed E-state index contributed by atoms with van der Waals surface area (Å²) in [7, 11) is 3.49. The van der Waals surface area contributed by atoms with E-state index in [1.54, 1.807) is 19.0 Å². The minimum absolute atomic E-state index is 0.0531. The van der Waals surface area contributed by atoms with E-state index in [9.17, 15) is 4.79 Å². The monoisotopic (exact) mass is 264 g/mol. The van der Waals surface area contributed by atoms with Crippen molar-refractivity contribution in [1.29, 1.82) is 0 Å². The Bertz CT molecular complexity index is 460. The van der Waals surface area contributed by atoms with Gasteiger partial charge in [0.1, 0.15) is 13.2 Å². The number of benzene rings is 1. The third-order valence-corrected chi connectivity index (χ3v) is 3.16. The number of fused-ring (bicyclic) bond motifs is 1. The van der Waals surface area contributed by atoms with E-state index >= 15 is 0 Å². The minimum Gasteiger partial charge on any atom is -0.486 e. The van der Waals surface area contributed by atoms with Crippen molar-refractivity contribution in [1.82, 2.24) is 4.90 Å². The highest BCUT2D eigenvalue weighted by Crippen LogP contribution is 2.31. The molecule has 0 aromatic heterocycles. The molecule has 2 N–H and O–H groups in total. The molecule has 0 aliphatic carbocycles. The number of carbonyl (C=O) groups excluding carboxylic acids is 1. The van der Waals surface area contributed by atoms with Crippen LogP contribution in [0.2, 0.25) is 0 Å². The Kier molecular flexibility index (Phi) is 4.27. The molecule has 19 heavy (non-hydrogen) atoms. The van der Waals surface area contributed by atoms with Crippen LogP contribution >= 0.6 is 0 Å². The van der Waals surface area contributed by atoms with Crippen LogP contribution in [0.25, 0.3) is 0 Å². The molecule has 0 radical (unpaired) electrons. The number of nitrogens with two attached hydrogens (primary N) is 1. The molecule has 104 valence electrons. The molecule has 5 nitrogen and oxygen atoms in total. The fraction of sp³-hybridized carbons (Fsp3) is 0.500. The van der Waals surface area contributed by atoms with Crippen molar-refractivity contribution in [3.8, 4) is 11.5 Å². The SMILES string of the molecule is CN(C)C(=O)C(CN)Cc1ccc2c(c1)OCCO2. The molecule has 0 spiro atoms. The summed E-state index contributed by atoms with van der Waals surface area (Å²) in [5.74, 6) is 1.37. The van der Waals surface area contributed by atoms with E-state index in [2.05, 4.69) is 0 Å². The molecule has 1 aromatic carbocycles. The van der Waals surface area contributed by atoms with Gasteiger partial charge in [0.2, 0.25) is 5.91 Å². The van der Waals surface area contributed by atoms with Gasteiger partial charge in [-0.2, -0.15) is 0 Å². The lowest BCUT2D eigenvalue weighted by molar-refractivity contribution is -0.132. The van der Waals surface area contributed by atoms with Crippen molar-refractivity contribution in [2.24, 2.45) is 11.7 Å². The van der Waals surface area contributed by atoms with Crippen LogP contribution in [0.15, 0.2) is 18.2 Å². The topological polar surface area (TPSA) is 64.8 Å². The predicted octanol–water partition coefficient (Wildman–Crippen LogP) is 0.663. The molecule has 2 rings (SSSR count). The van der Waals surface area contributed by atoms with Crippen LogP contribution in [0, 0.1) is 5.92 Å². The quantitative estimate of drug-likeness (QED) is 0.868. The third kappa shape index (κ3) is 3.17. The van der Waals surface area contributed by atoms with E-state index < -0.39 is 0 Å². The van der Waals surface area contributed by atoms with Crippen molar-refractivity contribution in [3.63, 3.8) is 0 Å². The average molecular weight is 264 g/mol. The summed E-state index contributed by atoms with van der Waals surface area (Å²) in [6.45, 7) is 1.48. The second-order valence-electron chi connectivity index (χ2n) is 4.85. The van der Waals surface area contributed by atoms with Crippen molar-refractivity contribution in [2.45, 2.75) is 6.42 Å². The Balaban J connectivity index is 2.11. The second-order valence-corrected chi connectivity index (χ2v) is 4.85. The highest BCUT2D eigenvalue weighted by atomic mass is 16.6. The van der Waals surface area contributed by atoms with Crippen molar-refractivity contribution < 1.29 is 14.3 Å². The molecule has 5 heteroatoms. The van der Waals surface area contributed by atoms with E-state index in [-0.39, 0.29) is 11.8 Å². The zero-order valence-electron chi connectivity index (χ0n) is 11.4. The molecule has 1 atom stereocenters. The number of ether oxygens (including phenoxy) is 2. The van der Waals surface area contributed by atoms with Crippen LogP contribution in [0.5, 0.6) is 11.5 Å². The average Bonchev–Trinajstić information content (AvgIpc) is 2.43. The first-order valence-electron chi connectivity index (χ1n) is 6.41. The van der Waals surface area contributed by atoms with Crippen LogP contribution in [0.1, 0.15) is 5.56 Å². The number of amides is 1. The first-order valence-corrected chi connectivity index (χ1v) is 6.41. The standard InChI is InChI=1S/C14H20N2O3/c1-16(2)14(17)11(9-15)7-10-3-4-12-13(8-10)19-6-5-18-12/h3-4,8,11H,5-7,9,15H2,1-2H3. The van der Waals surface area contributed by atoms with Crippen LogP contribution < -0.4 is 15.2 Å². The molecular formula is C14H20N2O3. The fourth-order valence-electron chi connectivity index (χ4n) is 2.14. The molecule has 1 aliphatic rings. The van der Waals surface area contributed by atoms with E-state index in [1.807, 2.05) is 18.2 Å². The molecule has 1 unspecified atom stereocenters. The normalized spacial score (nSPS) is 14.9. The van der Waals surface area contributed by atoms with Crippen molar-refractivity contribution in [3.05, 3.63) is 23.8 Å². The number of hydrogen-bond acceptors (Lipinski definition) is 4. The largest absolute Gasteiger partial charge is 0.486 e. The van der Waals surface area contributed by atoms with Gasteiger partial charge in [0.15, 0.2) is 11.5 Å². The smallest absolute Gasteiger partial charge is 0.226 e. The predicted molar refractivity (Wildman–Crippen MR) is 72.4 cm³/mol. The summed E-state index contributed by atoms with van der Waals surface area (Å²) >= 11 is 0. The van der Waals surface area contributed by atoms with Crippen LogP contribution in [0.4, 0.5) is 0 Å². The van der Waals surface area contributed by atoms with E-state index in [1.165, 1.54) is 0 Å². The van der Waals surface area contributed by atoms with Crippen LogP contribution in [0.3, 0.4) is 0 Å². The zero-order chi connectivity index (χ0) is 13.8. The Morgan fingerprint density at radius 2 is 2.00 bits per heavy atom. The molecule has 1 amide bonds. The van der Waals surface area contributed by atoms with Gasteiger partial charge in [0.05, 0.1) is 5.92 Å². The lowest BCUT2D eigenvalue weighted by atomic mass is 9.98. The van der Waals surface area contributed by atoms with Crippen LogP contribution in [-0.2, 0) is 11.2 Å². The summed E-state index contributed by atoms with van der Waals surface area (Å²) in [4.78, 5) is 13.5. The molecule has 1 heterocycles. The second kappa shape index (κ2) is 5.93. The van der Waals surface area contributed by atoms with Gasteiger partial charge in [-0.1, -0.05) is 6.07 Å². The van der Waals surface area contributed by atoms with Crippen molar-refractivity contribution >= 4 is 5.91 Å². The van der Waals surface area contributed by atoms with Gasteiger partial charge in [0.25, 0.3) is 0 Å². The summed E-state index contributed by atoms with van der Waals surface area (Å²) in [5.41, 5.74) is 6.73. The lowest BCUT2D eigenvalue weighted by Gasteiger charge is -2.21. The van der Waals surface area contributed by atoms with Crippen molar-refractivity contribution in [2.75, 3.05) is 33.9 Å². The molecular weight excluding hydrogens is 244 g/mol. The Morgan fingerprint density at radius 3 is 2.63 bits per heavy atom. The molecule has 1 aliphatic heterocycles. The molecule has 1 aromatic rings. The zero-order valence-corrected chi connectivity index (χ0v) is 11.4. The van der Waals surface area contributed by atoms with Gasteiger partial charge in [-0.05, 0) is 24.1 Å². The Hall–Kier alpha value is -1.75. The highest BCUT2D eigenvalue weighted by Gasteiger charge is 2.20. The lowest BCUT2D eigenvalue weighted by Crippen LogP contribution is -2.35. The first-order chi connectivity index (χ1) is 9.11. The summed E-state index contributed by atoms with van der Waals surface area (Å²) in [5, 5.41) is 0. The van der Waals surface area contributed by atoms with Gasteiger partial charge < -0.3 is 20.1 Å². The maximum Gasteiger partial charge on any atom is 0.226 e. The van der Waals surface area contributed by atoms with E-state index in [0.29, 0.717) is 26.2 Å². The summed E-state index contributed by atoms with van der Waals surface area (Å²) in [6.07, 6.45) is 0.615. The van der Waals surface area contributed by atoms with Gasteiger partial charge >= 0.3 is 0 Å². The summed E-state index contributed by atoms with van der Waals surface area (Å²) < 4.78 is 11.0. The molecule has 0 saturated carbocycles. The summed E-state index contributed by atoms with van der Waals surface area (Å²) in [6, 6.07) is 5.77. The Labute approximate surface area is 113 Å². The fourth-order valence-corrected chi connectivity index (χ4v) is 2.14. The van der Waals surface area contributed by atoms with E-state index in [4.69, 9.17) is 15.2 Å². The maximum atomic E-state index is 12.0. The van der Waals surface area contributed by atoms with E-state index in [0.717, 1.165) is 17.1 Å². The third-order valence-electron chi connectivity index (χ3n) is 3.16. The molecule has 0 fully saturated rings. The van der Waals surface area contributed by atoms with Crippen LogP contribution in [-0.4, -0.2) is 44.7 Å².